The van der Waals surface area contributed by atoms with Crippen LogP contribution in [0.5, 0.6) is 0 Å². The lowest BCUT2D eigenvalue weighted by Gasteiger charge is -2.07. The summed E-state index contributed by atoms with van der Waals surface area (Å²) >= 11 is 11.4. The third kappa shape index (κ3) is 3.61. The van der Waals surface area contributed by atoms with Crippen molar-refractivity contribution in [2.45, 2.75) is 0 Å². The third-order valence-corrected chi connectivity index (χ3v) is 4.70. The maximum Gasteiger partial charge on any atom is 0.255 e. The Kier molecular flexibility index (Phi) is 4.70. The van der Waals surface area contributed by atoms with E-state index in [0.717, 1.165) is 8.04 Å². The Hall–Kier alpha value is -0.790. The van der Waals surface area contributed by atoms with Crippen LogP contribution < -0.4 is 11.1 Å². The number of nitrogen functional groups attached to an aromatic ring is 1. The Labute approximate surface area is 137 Å². The molecule has 0 fully saturated rings. The number of rotatable bonds is 2. The van der Waals surface area contributed by atoms with Crippen molar-refractivity contribution in [1.29, 1.82) is 0 Å². The number of benzene rings is 2. The van der Waals surface area contributed by atoms with E-state index in [1.807, 2.05) is 0 Å². The number of hydrogen-bond acceptors (Lipinski definition) is 2. The minimum Gasteiger partial charge on any atom is -0.398 e. The minimum atomic E-state index is -0.213. The number of halogens is 3. The van der Waals surface area contributed by atoms with Crippen molar-refractivity contribution in [2.24, 2.45) is 0 Å². The van der Waals surface area contributed by atoms with Crippen molar-refractivity contribution >= 4 is 67.4 Å². The van der Waals surface area contributed by atoms with Crippen LogP contribution in [0.15, 0.2) is 40.9 Å². The molecule has 0 heterocycles. The van der Waals surface area contributed by atoms with Crippen molar-refractivity contribution in [3.8, 4) is 0 Å². The molecule has 0 aliphatic rings. The molecule has 0 bridgehead atoms. The Bertz CT molecular complexity index is 649. The molecule has 2 aromatic carbocycles. The summed E-state index contributed by atoms with van der Waals surface area (Å²) < 4.78 is 1.65. The topological polar surface area (TPSA) is 55.1 Å². The SMILES string of the molecule is Nc1ccc(NC(=O)c2ccc(I)c(Cl)c2)cc1Br. The summed E-state index contributed by atoms with van der Waals surface area (Å²) in [5.41, 5.74) is 7.49. The smallest absolute Gasteiger partial charge is 0.255 e. The van der Waals surface area contributed by atoms with Gasteiger partial charge >= 0.3 is 0 Å². The van der Waals surface area contributed by atoms with Crippen LogP contribution >= 0.6 is 50.1 Å². The largest absolute Gasteiger partial charge is 0.398 e. The van der Waals surface area contributed by atoms with Crippen molar-refractivity contribution in [3.63, 3.8) is 0 Å². The van der Waals surface area contributed by atoms with E-state index in [1.54, 1.807) is 36.4 Å². The van der Waals surface area contributed by atoms with Gasteiger partial charge in [0.2, 0.25) is 0 Å². The van der Waals surface area contributed by atoms with E-state index in [0.29, 0.717) is 22.0 Å². The molecule has 0 saturated carbocycles. The Balaban J connectivity index is 2.20. The Morgan fingerprint density at radius 1 is 1.26 bits per heavy atom. The summed E-state index contributed by atoms with van der Waals surface area (Å²) in [4.78, 5) is 12.1. The highest BCUT2D eigenvalue weighted by Gasteiger charge is 2.09. The second-order valence-electron chi connectivity index (χ2n) is 3.82. The zero-order valence-corrected chi connectivity index (χ0v) is 14.1. The first kappa shape index (κ1) is 14.6. The Morgan fingerprint density at radius 2 is 2.00 bits per heavy atom. The number of carbonyl (C=O) groups excluding carboxylic acids is 1. The van der Waals surface area contributed by atoms with Crippen LogP contribution in [0.4, 0.5) is 11.4 Å². The molecule has 19 heavy (non-hydrogen) atoms. The maximum absolute atomic E-state index is 12.1. The molecule has 0 aliphatic heterocycles. The molecule has 0 saturated heterocycles. The van der Waals surface area contributed by atoms with E-state index in [4.69, 9.17) is 17.3 Å². The van der Waals surface area contributed by atoms with Crippen LogP contribution in [-0.2, 0) is 0 Å². The van der Waals surface area contributed by atoms with E-state index in [9.17, 15) is 4.79 Å². The van der Waals surface area contributed by atoms with Crippen LogP contribution in [-0.4, -0.2) is 5.91 Å². The number of carbonyl (C=O) groups is 1. The number of amides is 1. The van der Waals surface area contributed by atoms with Crippen molar-refractivity contribution in [3.05, 3.63) is 55.0 Å². The lowest BCUT2D eigenvalue weighted by atomic mass is 10.2. The van der Waals surface area contributed by atoms with Crippen molar-refractivity contribution in [2.75, 3.05) is 11.1 Å². The molecule has 6 heteroatoms. The average molecular weight is 451 g/mol. The molecule has 0 spiro atoms. The molecule has 0 radical (unpaired) electrons. The predicted molar refractivity (Wildman–Crippen MR) is 90.7 cm³/mol. The molecular weight excluding hydrogens is 442 g/mol. The van der Waals surface area contributed by atoms with E-state index in [-0.39, 0.29) is 5.91 Å². The summed E-state index contributed by atoms with van der Waals surface area (Å²) in [6.45, 7) is 0. The van der Waals surface area contributed by atoms with Gasteiger partial charge in [-0.25, -0.2) is 0 Å². The lowest BCUT2D eigenvalue weighted by Crippen LogP contribution is -2.12. The molecule has 0 aliphatic carbocycles. The molecular formula is C13H9BrClIN2O. The summed E-state index contributed by atoms with van der Waals surface area (Å²) in [5, 5.41) is 3.35. The van der Waals surface area contributed by atoms with E-state index < -0.39 is 0 Å². The molecule has 2 rings (SSSR count). The second kappa shape index (κ2) is 6.11. The summed E-state index contributed by atoms with van der Waals surface area (Å²) in [5.74, 6) is -0.213. The fraction of sp³-hybridized carbons (Fsp3) is 0. The first-order valence-electron chi connectivity index (χ1n) is 5.29. The van der Waals surface area contributed by atoms with Crippen LogP contribution in [0.2, 0.25) is 5.02 Å². The number of hydrogen-bond donors (Lipinski definition) is 2. The minimum absolute atomic E-state index is 0.213. The van der Waals surface area contributed by atoms with Gasteiger partial charge in [0.15, 0.2) is 0 Å². The van der Waals surface area contributed by atoms with Crippen LogP contribution in [0, 0.1) is 3.57 Å². The summed E-state index contributed by atoms with van der Waals surface area (Å²) in [6, 6.07) is 10.4. The second-order valence-corrected chi connectivity index (χ2v) is 6.24. The van der Waals surface area contributed by atoms with Gasteiger partial charge in [-0.2, -0.15) is 0 Å². The van der Waals surface area contributed by atoms with Gasteiger partial charge < -0.3 is 11.1 Å². The quantitative estimate of drug-likeness (QED) is 0.520. The first-order valence-corrected chi connectivity index (χ1v) is 7.54. The molecule has 98 valence electrons. The highest BCUT2D eigenvalue weighted by Crippen LogP contribution is 2.24. The summed E-state index contributed by atoms with van der Waals surface area (Å²) in [7, 11) is 0. The third-order valence-electron chi connectivity index (χ3n) is 2.44. The fourth-order valence-electron chi connectivity index (χ4n) is 1.45. The van der Waals surface area contributed by atoms with E-state index in [1.165, 1.54) is 0 Å². The average Bonchev–Trinajstić information content (AvgIpc) is 2.37. The van der Waals surface area contributed by atoms with Gasteiger partial charge in [-0.3, -0.25) is 4.79 Å². The fourth-order valence-corrected chi connectivity index (χ4v) is 2.34. The molecule has 0 unspecified atom stereocenters. The van der Waals surface area contributed by atoms with Gasteiger partial charge in [-0.1, -0.05) is 11.6 Å². The monoisotopic (exact) mass is 450 g/mol. The Morgan fingerprint density at radius 3 is 2.63 bits per heavy atom. The molecule has 3 nitrogen and oxygen atoms in total. The zero-order valence-electron chi connectivity index (χ0n) is 9.58. The molecule has 3 N–H and O–H groups in total. The lowest BCUT2D eigenvalue weighted by molar-refractivity contribution is 0.102. The van der Waals surface area contributed by atoms with Gasteiger partial charge in [-0.05, 0) is 74.9 Å². The van der Waals surface area contributed by atoms with E-state index >= 15 is 0 Å². The normalized spacial score (nSPS) is 10.3. The number of nitrogens with one attached hydrogen (secondary N) is 1. The van der Waals surface area contributed by atoms with E-state index in [2.05, 4.69) is 43.8 Å². The highest BCUT2D eigenvalue weighted by atomic mass is 127. The highest BCUT2D eigenvalue weighted by molar-refractivity contribution is 14.1. The van der Waals surface area contributed by atoms with Gasteiger partial charge in [0.1, 0.15) is 0 Å². The van der Waals surface area contributed by atoms with Crippen LogP contribution in [0.3, 0.4) is 0 Å². The van der Waals surface area contributed by atoms with Gasteiger partial charge in [0.25, 0.3) is 5.91 Å². The van der Waals surface area contributed by atoms with Crippen molar-refractivity contribution in [1.82, 2.24) is 0 Å². The maximum atomic E-state index is 12.1. The number of anilines is 2. The van der Waals surface area contributed by atoms with Crippen LogP contribution in [0.25, 0.3) is 0 Å². The standard InChI is InChI=1S/C13H9BrClIN2O/c14-9-6-8(2-4-12(9)17)18-13(19)7-1-3-11(16)10(15)5-7/h1-6H,17H2,(H,18,19). The molecule has 2 aromatic rings. The zero-order chi connectivity index (χ0) is 14.0. The number of nitrogens with two attached hydrogens (primary N) is 1. The van der Waals surface area contributed by atoms with Gasteiger partial charge in [0.05, 0.1) is 5.02 Å². The van der Waals surface area contributed by atoms with Crippen LogP contribution in [0.1, 0.15) is 10.4 Å². The molecule has 0 aromatic heterocycles. The van der Waals surface area contributed by atoms with Gasteiger partial charge in [0, 0.05) is 25.0 Å². The first-order chi connectivity index (χ1) is 8.97. The predicted octanol–water partition coefficient (Wildman–Crippen LogP) is 4.54. The summed E-state index contributed by atoms with van der Waals surface area (Å²) in [6.07, 6.45) is 0. The van der Waals surface area contributed by atoms with Gasteiger partial charge in [-0.15, -0.1) is 0 Å². The molecule has 1 amide bonds. The molecule has 0 atom stereocenters. The van der Waals surface area contributed by atoms with Crippen molar-refractivity contribution < 1.29 is 4.79 Å².